The molecule has 0 amide bonds. The van der Waals surface area contributed by atoms with Gasteiger partial charge in [-0.25, -0.2) is 0 Å². The molecular weight excluding hydrogens is 216 g/mol. The van der Waals surface area contributed by atoms with Crippen LogP contribution in [0.4, 0.5) is 0 Å². The third kappa shape index (κ3) is 2.68. The van der Waals surface area contributed by atoms with E-state index in [9.17, 15) is 5.11 Å². The number of nitrogens with zero attached hydrogens (tertiary/aromatic N) is 3. The summed E-state index contributed by atoms with van der Waals surface area (Å²) in [4.78, 5) is 2.33. The van der Waals surface area contributed by atoms with Crippen LogP contribution in [-0.2, 0) is 7.05 Å². The molecule has 5 heteroatoms. The van der Waals surface area contributed by atoms with E-state index in [0.717, 1.165) is 5.56 Å². The topological polar surface area (TPSA) is 67.3 Å². The highest BCUT2D eigenvalue weighted by atomic mass is 16.3. The van der Waals surface area contributed by atoms with Crippen molar-refractivity contribution in [1.29, 1.82) is 0 Å². The molecule has 17 heavy (non-hydrogen) atoms. The minimum atomic E-state index is 0.182. The van der Waals surface area contributed by atoms with Crippen molar-refractivity contribution in [3.05, 3.63) is 18.0 Å². The molecule has 5 nitrogen and oxygen atoms in total. The van der Waals surface area contributed by atoms with Gasteiger partial charge in [-0.3, -0.25) is 9.58 Å². The summed E-state index contributed by atoms with van der Waals surface area (Å²) in [5, 5.41) is 13.4. The average molecular weight is 238 g/mol. The number of hydrogen-bond acceptors (Lipinski definition) is 4. The van der Waals surface area contributed by atoms with E-state index in [1.807, 2.05) is 19.4 Å². The molecule has 0 spiro atoms. The van der Waals surface area contributed by atoms with E-state index in [2.05, 4.69) is 10.00 Å². The Morgan fingerprint density at radius 1 is 1.65 bits per heavy atom. The lowest BCUT2D eigenvalue weighted by atomic mass is 9.89. The Morgan fingerprint density at radius 2 is 2.41 bits per heavy atom. The minimum Gasteiger partial charge on any atom is -0.395 e. The van der Waals surface area contributed by atoms with Gasteiger partial charge in [0.05, 0.1) is 18.8 Å². The number of aliphatic hydroxyl groups is 1. The standard InChI is InChI=1S/C12H22N4O/c1-15-9-10(8-14-15)12(7-13)16(5-6-17)11-3-2-4-11/h8-9,11-12,17H,2-7,13H2,1H3. The number of hydrogen-bond donors (Lipinski definition) is 2. The van der Waals surface area contributed by atoms with E-state index in [1.165, 1.54) is 19.3 Å². The number of rotatable bonds is 6. The Morgan fingerprint density at radius 3 is 2.82 bits per heavy atom. The molecule has 3 N–H and O–H groups in total. The highest BCUT2D eigenvalue weighted by Gasteiger charge is 2.30. The van der Waals surface area contributed by atoms with Crippen molar-refractivity contribution in [2.75, 3.05) is 19.7 Å². The Bertz CT molecular complexity index is 348. The van der Waals surface area contributed by atoms with Crippen molar-refractivity contribution < 1.29 is 5.11 Å². The molecule has 0 aliphatic heterocycles. The van der Waals surface area contributed by atoms with E-state index in [-0.39, 0.29) is 12.6 Å². The quantitative estimate of drug-likeness (QED) is 0.746. The molecule has 0 saturated heterocycles. The molecule has 1 aliphatic rings. The summed E-state index contributed by atoms with van der Waals surface area (Å²) >= 11 is 0. The lowest BCUT2D eigenvalue weighted by molar-refractivity contribution is 0.0623. The SMILES string of the molecule is Cn1cc(C(CN)N(CCO)C2CCC2)cn1. The van der Waals surface area contributed by atoms with Gasteiger partial charge < -0.3 is 10.8 Å². The van der Waals surface area contributed by atoms with Gasteiger partial charge in [-0.2, -0.15) is 5.10 Å². The average Bonchev–Trinajstić information content (AvgIpc) is 2.64. The van der Waals surface area contributed by atoms with Crippen molar-refractivity contribution >= 4 is 0 Å². The minimum absolute atomic E-state index is 0.182. The van der Waals surface area contributed by atoms with Crippen LogP contribution in [0.15, 0.2) is 12.4 Å². The predicted molar refractivity (Wildman–Crippen MR) is 66.4 cm³/mol. The molecule has 0 aromatic carbocycles. The summed E-state index contributed by atoms with van der Waals surface area (Å²) in [6.45, 7) is 1.46. The molecule has 1 heterocycles. The van der Waals surface area contributed by atoms with Crippen LogP contribution in [0.2, 0.25) is 0 Å². The van der Waals surface area contributed by atoms with E-state index in [4.69, 9.17) is 5.73 Å². The van der Waals surface area contributed by atoms with Crippen LogP contribution >= 0.6 is 0 Å². The molecule has 1 aromatic heterocycles. The Kier molecular flexibility index (Phi) is 4.15. The van der Waals surface area contributed by atoms with Gasteiger partial charge in [0, 0.05) is 37.9 Å². The first-order valence-electron chi connectivity index (χ1n) is 6.31. The van der Waals surface area contributed by atoms with Gasteiger partial charge >= 0.3 is 0 Å². The predicted octanol–water partition coefficient (Wildman–Crippen LogP) is 0.267. The van der Waals surface area contributed by atoms with Gasteiger partial charge in [-0.05, 0) is 12.8 Å². The fourth-order valence-corrected chi connectivity index (χ4v) is 2.50. The maximum absolute atomic E-state index is 9.20. The normalized spacial score (nSPS) is 18.4. The van der Waals surface area contributed by atoms with Gasteiger partial charge in [-0.15, -0.1) is 0 Å². The number of aryl methyl sites for hydroxylation is 1. The van der Waals surface area contributed by atoms with Crippen LogP contribution in [-0.4, -0.2) is 45.5 Å². The third-order valence-electron chi connectivity index (χ3n) is 3.64. The first-order valence-corrected chi connectivity index (χ1v) is 6.31. The van der Waals surface area contributed by atoms with E-state index < -0.39 is 0 Å². The van der Waals surface area contributed by atoms with Crippen LogP contribution < -0.4 is 5.73 Å². The van der Waals surface area contributed by atoms with Gasteiger partial charge in [0.2, 0.25) is 0 Å². The molecule has 1 aromatic rings. The second-order valence-corrected chi connectivity index (χ2v) is 4.74. The van der Waals surface area contributed by atoms with E-state index in [1.54, 1.807) is 4.68 Å². The van der Waals surface area contributed by atoms with Gasteiger partial charge in [-0.1, -0.05) is 6.42 Å². The van der Waals surface area contributed by atoms with Crippen molar-refractivity contribution in [1.82, 2.24) is 14.7 Å². The van der Waals surface area contributed by atoms with Crippen LogP contribution in [0.5, 0.6) is 0 Å². The number of aliphatic hydroxyl groups excluding tert-OH is 1. The molecular formula is C12H22N4O. The zero-order valence-electron chi connectivity index (χ0n) is 10.4. The lowest BCUT2D eigenvalue weighted by Crippen LogP contribution is -2.46. The highest BCUT2D eigenvalue weighted by molar-refractivity contribution is 5.12. The van der Waals surface area contributed by atoms with Crippen LogP contribution in [0.3, 0.4) is 0 Å². The Balaban J connectivity index is 2.12. The van der Waals surface area contributed by atoms with Crippen LogP contribution in [0.25, 0.3) is 0 Å². The van der Waals surface area contributed by atoms with Gasteiger partial charge in [0.15, 0.2) is 0 Å². The monoisotopic (exact) mass is 238 g/mol. The van der Waals surface area contributed by atoms with Crippen molar-refractivity contribution in [3.8, 4) is 0 Å². The number of nitrogens with two attached hydrogens (primary N) is 1. The molecule has 1 unspecified atom stereocenters. The Labute approximate surface area is 102 Å². The summed E-state index contributed by atoms with van der Waals surface area (Å²) < 4.78 is 1.80. The van der Waals surface area contributed by atoms with Crippen molar-refractivity contribution in [2.24, 2.45) is 12.8 Å². The zero-order chi connectivity index (χ0) is 12.3. The molecule has 1 saturated carbocycles. The molecule has 96 valence electrons. The van der Waals surface area contributed by atoms with Crippen LogP contribution in [0, 0.1) is 0 Å². The zero-order valence-corrected chi connectivity index (χ0v) is 10.4. The first-order chi connectivity index (χ1) is 8.26. The summed E-state index contributed by atoms with van der Waals surface area (Å²) in [6.07, 6.45) is 7.62. The molecule has 1 atom stereocenters. The van der Waals surface area contributed by atoms with Crippen molar-refractivity contribution in [3.63, 3.8) is 0 Å². The summed E-state index contributed by atoms with van der Waals surface area (Å²) in [5.41, 5.74) is 7.05. The summed E-state index contributed by atoms with van der Waals surface area (Å²) in [7, 11) is 1.91. The smallest absolute Gasteiger partial charge is 0.0558 e. The van der Waals surface area contributed by atoms with Gasteiger partial charge in [0.25, 0.3) is 0 Å². The summed E-state index contributed by atoms with van der Waals surface area (Å²) in [6, 6.07) is 0.761. The molecule has 0 radical (unpaired) electrons. The third-order valence-corrected chi connectivity index (χ3v) is 3.64. The maximum Gasteiger partial charge on any atom is 0.0558 e. The molecule has 2 rings (SSSR count). The largest absolute Gasteiger partial charge is 0.395 e. The fourth-order valence-electron chi connectivity index (χ4n) is 2.50. The molecule has 0 bridgehead atoms. The highest BCUT2D eigenvalue weighted by Crippen LogP contribution is 2.31. The second kappa shape index (κ2) is 5.62. The van der Waals surface area contributed by atoms with Gasteiger partial charge in [0.1, 0.15) is 0 Å². The van der Waals surface area contributed by atoms with E-state index in [0.29, 0.717) is 19.1 Å². The summed E-state index contributed by atoms with van der Waals surface area (Å²) in [5.74, 6) is 0. The number of aromatic nitrogens is 2. The van der Waals surface area contributed by atoms with E-state index >= 15 is 0 Å². The Hall–Kier alpha value is -0.910. The second-order valence-electron chi connectivity index (χ2n) is 4.74. The lowest BCUT2D eigenvalue weighted by Gasteiger charge is -2.41. The maximum atomic E-state index is 9.20. The molecule has 1 fully saturated rings. The first kappa shape index (κ1) is 12.5. The van der Waals surface area contributed by atoms with Crippen LogP contribution in [0.1, 0.15) is 30.9 Å². The van der Waals surface area contributed by atoms with Crippen molar-refractivity contribution in [2.45, 2.75) is 31.3 Å². The fraction of sp³-hybridized carbons (Fsp3) is 0.750. The molecule has 1 aliphatic carbocycles.